The van der Waals surface area contributed by atoms with Crippen LogP contribution >= 0.6 is 0 Å². The number of aliphatic hydroxyl groups excluding tert-OH is 1. The van der Waals surface area contributed by atoms with E-state index in [4.69, 9.17) is 0 Å². The molecule has 1 amide bonds. The predicted octanol–water partition coefficient (Wildman–Crippen LogP) is 2.98. The van der Waals surface area contributed by atoms with Crippen LogP contribution in [0.25, 0.3) is 0 Å². The smallest absolute Gasteiger partial charge is 0.233 e. The fraction of sp³-hybridized carbons (Fsp3) is 0.545. The van der Waals surface area contributed by atoms with Gasteiger partial charge >= 0.3 is 0 Å². The highest BCUT2D eigenvalue weighted by Gasteiger charge is 2.46. The minimum Gasteiger partial charge on any atom is -0.391 e. The van der Waals surface area contributed by atoms with Gasteiger partial charge in [-0.3, -0.25) is 9.89 Å². The fourth-order valence-electron chi connectivity index (χ4n) is 4.91. The van der Waals surface area contributed by atoms with Crippen molar-refractivity contribution in [3.8, 4) is 0 Å². The van der Waals surface area contributed by atoms with Crippen molar-refractivity contribution in [2.24, 2.45) is 5.92 Å². The van der Waals surface area contributed by atoms with Gasteiger partial charge in [0.25, 0.3) is 0 Å². The van der Waals surface area contributed by atoms with Crippen LogP contribution in [-0.4, -0.2) is 45.3 Å². The number of β-amino-alcohol motifs (C(OH)–C–C–N with tert-alkyl or cyclic N) is 1. The Hall–Kier alpha value is -2.14. The van der Waals surface area contributed by atoms with Gasteiger partial charge in [0.2, 0.25) is 5.91 Å². The normalized spacial score (nSPS) is 24.9. The van der Waals surface area contributed by atoms with Gasteiger partial charge in [0, 0.05) is 24.7 Å². The quantitative estimate of drug-likeness (QED) is 0.873. The van der Waals surface area contributed by atoms with Gasteiger partial charge in [-0.2, -0.15) is 5.10 Å². The number of hydrogen-bond acceptors (Lipinski definition) is 3. The first-order valence-electron chi connectivity index (χ1n) is 10.1. The van der Waals surface area contributed by atoms with Gasteiger partial charge in [-0.1, -0.05) is 49.6 Å². The van der Waals surface area contributed by atoms with Crippen molar-refractivity contribution < 1.29 is 9.90 Å². The van der Waals surface area contributed by atoms with Crippen molar-refractivity contribution in [1.82, 2.24) is 15.1 Å². The number of carbonyl (C=O) groups excluding carboxylic acids is 1. The van der Waals surface area contributed by atoms with Gasteiger partial charge in [-0.05, 0) is 37.8 Å². The summed E-state index contributed by atoms with van der Waals surface area (Å²) in [6.45, 7) is 3.02. The van der Waals surface area contributed by atoms with Gasteiger partial charge in [0.05, 0.1) is 17.2 Å². The molecule has 2 aliphatic rings. The lowest BCUT2D eigenvalue weighted by Gasteiger charge is -2.39. The molecule has 1 saturated heterocycles. The van der Waals surface area contributed by atoms with Crippen molar-refractivity contribution in [3.63, 3.8) is 0 Å². The topological polar surface area (TPSA) is 69.2 Å². The van der Waals surface area contributed by atoms with Crippen LogP contribution in [0.4, 0.5) is 0 Å². The molecule has 0 radical (unpaired) electrons. The highest BCUT2D eigenvalue weighted by atomic mass is 16.3. The van der Waals surface area contributed by atoms with Crippen LogP contribution in [0.15, 0.2) is 36.4 Å². The number of amides is 1. The molecule has 2 fully saturated rings. The van der Waals surface area contributed by atoms with Gasteiger partial charge in [0.15, 0.2) is 0 Å². The molecule has 1 aromatic heterocycles. The summed E-state index contributed by atoms with van der Waals surface area (Å²) in [6, 6.07) is 12.3. The number of aliphatic hydroxyl groups is 1. The van der Waals surface area contributed by atoms with Crippen LogP contribution in [-0.2, 0) is 16.6 Å². The van der Waals surface area contributed by atoms with E-state index in [0.29, 0.717) is 19.5 Å². The van der Waals surface area contributed by atoms with Gasteiger partial charge in [-0.15, -0.1) is 0 Å². The lowest BCUT2D eigenvalue weighted by molar-refractivity contribution is -0.138. The molecule has 2 heterocycles. The Kier molecular flexibility index (Phi) is 5.04. The summed E-state index contributed by atoms with van der Waals surface area (Å²) >= 11 is 0. The van der Waals surface area contributed by atoms with Crippen LogP contribution in [0.1, 0.15) is 49.1 Å². The molecule has 2 N–H and O–H groups in total. The Labute approximate surface area is 160 Å². The minimum absolute atomic E-state index is 0.0491. The molecule has 0 unspecified atom stereocenters. The van der Waals surface area contributed by atoms with E-state index < -0.39 is 11.5 Å². The fourth-order valence-corrected chi connectivity index (χ4v) is 4.91. The molecule has 27 heavy (non-hydrogen) atoms. The average molecular weight is 367 g/mol. The van der Waals surface area contributed by atoms with Crippen molar-refractivity contribution in [2.45, 2.75) is 57.0 Å². The van der Waals surface area contributed by atoms with E-state index in [0.717, 1.165) is 42.6 Å². The number of aryl methyl sites for hydroxylation is 1. The number of nitrogens with one attached hydrogen (secondary N) is 1. The first kappa shape index (κ1) is 18.2. The largest absolute Gasteiger partial charge is 0.391 e. The van der Waals surface area contributed by atoms with Crippen LogP contribution in [0.5, 0.6) is 0 Å². The number of nitrogens with zero attached hydrogens (tertiary/aromatic N) is 2. The van der Waals surface area contributed by atoms with Crippen LogP contribution in [0, 0.1) is 12.8 Å². The Morgan fingerprint density at radius 2 is 1.96 bits per heavy atom. The maximum atomic E-state index is 13.7. The highest BCUT2D eigenvalue weighted by Crippen LogP contribution is 2.42. The van der Waals surface area contributed by atoms with Crippen LogP contribution in [0.3, 0.4) is 0 Å². The van der Waals surface area contributed by atoms with Crippen LogP contribution < -0.4 is 0 Å². The summed E-state index contributed by atoms with van der Waals surface area (Å²) in [7, 11) is 0. The second-order valence-electron chi connectivity index (χ2n) is 8.29. The Bertz CT molecular complexity index is 780. The van der Waals surface area contributed by atoms with E-state index >= 15 is 0 Å². The molecule has 1 aliphatic carbocycles. The Morgan fingerprint density at radius 3 is 2.63 bits per heavy atom. The summed E-state index contributed by atoms with van der Waals surface area (Å²) in [4.78, 5) is 15.6. The molecule has 5 nitrogen and oxygen atoms in total. The number of hydrogen-bond donors (Lipinski definition) is 2. The van der Waals surface area contributed by atoms with Crippen molar-refractivity contribution >= 4 is 5.91 Å². The molecule has 5 heteroatoms. The van der Waals surface area contributed by atoms with Crippen molar-refractivity contribution in [2.75, 3.05) is 13.1 Å². The van der Waals surface area contributed by atoms with Crippen molar-refractivity contribution in [1.29, 1.82) is 0 Å². The number of carbonyl (C=O) groups is 1. The number of benzene rings is 1. The molecule has 144 valence electrons. The zero-order chi connectivity index (χ0) is 18.9. The standard InChI is InChI=1S/C22H29N3O2/c1-16-12-19(24-23-16)13-17-14-25(15-20(17)26)21(27)22(10-6-3-7-11-22)18-8-4-2-5-9-18/h2,4-5,8-9,12,17,20,26H,3,6-7,10-11,13-15H2,1H3,(H,23,24)/t17-,20-/m1/s1. The number of rotatable bonds is 4. The monoisotopic (exact) mass is 367 g/mol. The maximum Gasteiger partial charge on any atom is 0.233 e. The zero-order valence-electron chi connectivity index (χ0n) is 16.0. The molecule has 2 atom stereocenters. The van der Waals surface area contributed by atoms with Crippen molar-refractivity contribution in [3.05, 3.63) is 53.3 Å². The lowest BCUT2D eigenvalue weighted by atomic mass is 9.68. The third-order valence-electron chi connectivity index (χ3n) is 6.37. The number of aromatic nitrogens is 2. The van der Waals surface area contributed by atoms with E-state index in [1.165, 1.54) is 6.42 Å². The molecule has 0 bridgehead atoms. The molecular formula is C22H29N3O2. The van der Waals surface area contributed by atoms with Crippen LogP contribution in [0.2, 0.25) is 0 Å². The number of H-pyrrole nitrogens is 1. The molecule has 4 rings (SSSR count). The van der Waals surface area contributed by atoms with E-state index in [2.05, 4.69) is 22.3 Å². The SMILES string of the molecule is Cc1cc(C[C@@H]2CN(C(=O)C3(c4ccccc4)CCCCC3)C[C@H]2O)n[nH]1. The first-order chi connectivity index (χ1) is 13.1. The zero-order valence-corrected chi connectivity index (χ0v) is 16.0. The van der Waals surface area contributed by atoms with E-state index in [9.17, 15) is 9.90 Å². The minimum atomic E-state index is -0.484. The Morgan fingerprint density at radius 1 is 1.22 bits per heavy atom. The summed E-state index contributed by atoms with van der Waals surface area (Å²) in [5.74, 6) is 0.251. The van der Waals surface area contributed by atoms with E-state index in [1.807, 2.05) is 36.1 Å². The van der Waals surface area contributed by atoms with E-state index in [-0.39, 0.29) is 11.8 Å². The number of likely N-dealkylation sites (tertiary alicyclic amines) is 1. The number of aromatic amines is 1. The van der Waals surface area contributed by atoms with Gasteiger partial charge in [-0.25, -0.2) is 0 Å². The first-order valence-corrected chi connectivity index (χ1v) is 10.1. The predicted molar refractivity (Wildman–Crippen MR) is 104 cm³/mol. The Balaban J connectivity index is 1.53. The molecule has 0 spiro atoms. The maximum absolute atomic E-state index is 13.7. The molecule has 2 aromatic rings. The highest BCUT2D eigenvalue weighted by molar-refractivity contribution is 5.88. The third-order valence-corrected chi connectivity index (χ3v) is 6.37. The molecule has 1 aromatic carbocycles. The summed E-state index contributed by atoms with van der Waals surface area (Å²) in [5.41, 5.74) is 2.70. The van der Waals surface area contributed by atoms with Gasteiger partial charge in [0.1, 0.15) is 0 Å². The second kappa shape index (κ2) is 7.47. The summed E-state index contributed by atoms with van der Waals surface area (Å²) in [5, 5.41) is 17.9. The second-order valence-corrected chi connectivity index (χ2v) is 8.29. The molecule has 1 aliphatic heterocycles. The average Bonchev–Trinajstić information content (AvgIpc) is 3.28. The van der Waals surface area contributed by atoms with Gasteiger partial charge < -0.3 is 10.0 Å². The summed E-state index contributed by atoms with van der Waals surface area (Å²) < 4.78 is 0. The lowest BCUT2D eigenvalue weighted by Crippen LogP contribution is -2.47. The molecular weight excluding hydrogens is 338 g/mol. The molecule has 1 saturated carbocycles. The summed E-state index contributed by atoms with van der Waals surface area (Å²) in [6.07, 6.45) is 5.42. The van der Waals surface area contributed by atoms with E-state index in [1.54, 1.807) is 0 Å². The third kappa shape index (κ3) is 3.53.